The van der Waals surface area contributed by atoms with Gasteiger partial charge in [-0.3, -0.25) is 4.79 Å². The first-order chi connectivity index (χ1) is 9.56. The number of hydrogen-bond donors (Lipinski definition) is 0. The number of carbonyl (C=O) groups excluding carboxylic acids is 1. The third kappa shape index (κ3) is 3.92. The van der Waals surface area contributed by atoms with Crippen molar-refractivity contribution >= 4 is 11.5 Å². The molecule has 2 rings (SSSR count). The lowest BCUT2D eigenvalue weighted by Gasteiger charge is -2.32. The van der Waals surface area contributed by atoms with Crippen LogP contribution in [0.2, 0.25) is 0 Å². The number of aromatic nitrogens is 2. The van der Waals surface area contributed by atoms with Crippen molar-refractivity contribution in [2.45, 2.75) is 46.1 Å². The van der Waals surface area contributed by atoms with Crippen LogP contribution < -0.4 is 10.5 Å². The average Bonchev–Trinajstić information content (AvgIpc) is 2.40. The first-order valence-corrected chi connectivity index (χ1v) is 7.38. The summed E-state index contributed by atoms with van der Waals surface area (Å²) in [7, 11) is 0. The van der Waals surface area contributed by atoms with Crippen molar-refractivity contribution in [2.75, 3.05) is 18.0 Å². The quantitative estimate of drug-likeness (QED) is 0.824. The van der Waals surface area contributed by atoms with Gasteiger partial charge in [0.2, 0.25) is 0 Å². The molecule has 0 amide bonds. The van der Waals surface area contributed by atoms with Crippen molar-refractivity contribution in [1.82, 2.24) is 9.78 Å². The van der Waals surface area contributed by atoms with Gasteiger partial charge in [0.15, 0.2) is 0 Å². The second-order valence-corrected chi connectivity index (χ2v) is 5.77. The van der Waals surface area contributed by atoms with Gasteiger partial charge in [-0.25, -0.2) is 4.68 Å². The summed E-state index contributed by atoms with van der Waals surface area (Å²) in [6, 6.07) is 1.67. The van der Waals surface area contributed by atoms with E-state index < -0.39 is 0 Å². The predicted molar refractivity (Wildman–Crippen MR) is 79.0 cm³/mol. The molecule has 1 aromatic rings. The molecule has 1 unspecified atom stereocenters. The zero-order chi connectivity index (χ0) is 14.5. The molecule has 0 radical (unpaired) electrons. The fraction of sp³-hybridized carbons (Fsp3) is 0.667. The zero-order valence-corrected chi connectivity index (χ0v) is 12.3. The number of piperidine rings is 1. The highest BCUT2D eigenvalue weighted by Gasteiger charge is 2.17. The summed E-state index contributed by atoms with van der Waals surface area (Å²) >= 11 is 0. The van der Waals surface area contributed by atoms with Gasteiger partial charge in [0, 0.05) is 32.1 Å². The minimum absolute atomic E-state index is 0.0794. The molecule has 2 heterocycles. The first-order valence-electron chi connectivity index (χ1n) is 7.38. The Bertz CT molecular complexity index is 524. The van der Waals surface area contributed by atoms with Gasteiger partial charge in [0.05, 0.1) is 11.9 Å². The van der Waals surface area contributed by atoms with Gasteiger partial charge in [-0.2, -0.15) is 5.10 Å². The second kappa shape index (κ2) is 6.68. The highest BCUT2D eigenvalue weighted by Crippen LogP contribution is 2.20. The van der Waals surface area contributed by atoms with Crippen LogP contribution in [0.3, 0.4) is 0 Å². The molecule has 0 N–H and O–H groups in total. The lowest BCUT2D eigenvalue weighted by Crippen LogP contribution is -2.35. The highest BCUT2D eigenvalue weighted by atomic mass is 16.1. The van der Waals surface area contributed by atoms with E-state index in [9.17, 15) is 9.59 Å². The molecule has 1 aliphatic heterocycles. The highest BCUT2D eigenvalue weighted by molar-refractivity contribution is 5.75. The minimum atomic E-state index is -0.0794. The van der Waals surface area contributed by atoms with Crippen molar-refractivity contribution in [2.24, 2.45) is 5.92 Å². The molecule has 110 valence electrons. The molecule has 5 nitrogen and oxygen atoms in total. The molecule has 1 aliphatic rings. The van der Waals surface area contributed by atoms with Crippen LogP contribution in [-0.4, -0.2) is 28.7 Å². The maximum absolute atomic E-state index is 12.0. The Morgan fingerprint density at radius 3 is 2.95 bits per heavy atom. The molecule has 5 heteroatoms. The van der Waals surface area contributed by atoms with E-state index >= 15 is 0 Å². The van der Waals surface area contributed by atoms with Gasteiger partial charge in [-0.05, 0) is 32.1 Å². The summed E-state index contributed by atoms with van der Waals surface area (Å²) in [5, 5.41) is 4.23. The molecule has 1 saturated heterocycles. The van der Waals surface area contributed by atoms with Gasteiger partial charge in [0.25, 0.3) is 5.56 Å². The van der Waals surface area contributed by atoms with Crippen molar-refractivity contribution in [1.29, 1.82) is 0 Å². The number of aryl methyl sites for hydroxylation is 1. The molecule has 0 saturated carbocycles. The molecule has 0 aromatic carbocycles. The standard InChI is InChI=1S/C15H23N3O2/c1-12-5-3-7-17(11-12)14-9-15(20)18(16-10-14)8-4-6-13(2)19/h9-10,12H,3-8,11H2,1-2H3. The zero-order valence-electron chi connectivity index (χ0n) is 12.3. The van der Waals surface area contributed by atoms with Crippen LogP contribution >= 0.6 is 0 Å². The van der Waals surface area contributed by atoms with E-state index in [1.165, 1.54) is 17.5 Å². The molecule has 1 atom stereocenters. The monoisotopic (exact) mass is 277 g/mol. The molecule has 20 heavy (non-hydrogen) atoms. The average molecular weight is 277 g/mol. The number of hydrogen-bond acceptors (Lipinski definition) is 4. The minimum Gasteiger partial charge on any atom is -0.370 e. The summed E-state index contributed by atoms with van der Waals surface area (Å²) < 4.78 is 1.44. The Morgan fingerprint density at radius 2 is 2.30 bits per heavy atom. The fourth-order valence-electron chi connectivity index (χ4n) is 2.67. The van der Waals surface area contributed by atoms with Crippen molar-refractivity contribution in [3.63, 3.8) is 0 Å². The molecular weight excluding hydrogens is 254 g/mol. The van der Waals surface area contributed by atoms with E-state index in [0.717, 1.165) is 18.8 Å². The van der Waals surface area contributed by atoms with Gasteiger partial charge < -0.3 is 9.69 Å². The van der Waals surface area contributed by atoms with Crippen LogP contribution in [0.1, 0.15) is 39.5 Å². The second-order valence-electron chi connectivity index (χ2n) is 5.77. The third-order valence-corrected chi connectivity index (χ3v) is 3.78. The van der Waals surface area contributed by atoms with E-state index in [-0.39, 0.29) is 11.3 Å². The van der Waals surface area contributed by atoms with Gasteiger partial charge >= 0.3 is 0 Å². The summed E-state index contributed by atoms with van der Waals surface area (Å²) in [6.07, 6.45) is 5.37. The number of nitrogens with zero attached hydrogens (tertiary/aromatic N) is 3. The molecule has 0 spiro atoms. The summed E-state index contributed by atoms with van der Waals surface area (Å²) in [4.78, 5) is 25.2. The van der Waals surface area contributed by atoms with Crippen molar-refractivity contribution < 1.29 is 4.79 Å². The Labute approximate surface area is 119 Å². The van der Waals surface area contributed by atoms with E-state index in [0.29, 0.717) is 25.3 Å². The summed E-state index contributed by atoms with van der Waals surface area (Å²) in [5.74, 6) is 0.818. The van der Waals surface area contributed by atoms with Crippen LogP contribution in [-0.2, 0) is 11.3 Å². The first kappa shape index (κ1) is 14.8. The molecule has 0 aliphatic carbocycles. The lowest BCUT2D eigenvalue weighted by atomic mass is 10.00. The smallest absolute Gasteiger partial charge is 0.268 e. The number of anilines is 1. The Kier molecular flexibility index (Phi) is 4.93. The fourth-order valence-corrected chi connectivity index (χ4v) is 2.67. The van der Waals surface area contributed by atoms with Gasteiger partial charge in [-0.15, -0.1) is 0 Å². The number of rotatable bonds is 5. The Hall–Kier alpha value is -1.65. The third-order valence-electron chi connectivity index (χ3n) is 3.78. The Morgan fingerprint density at radius 1 is 1.50 bits per heavy atom. The van der Waals surface area contributed by atoms with Crippen LogP contribution in [0.4, 0.5) is 5.69 Å². The number of ketones is 1. The largest absolute Gasteiger partial charge is 0.370 e. The molecular formula is C15H23N3O2. The Balaban J connectivity index is 2.01. The summed E-state index contributed by atoms with van der Waals surface area (Å²) in [6.45, 7) is 6.31. The van der Waals surface area contributed by atoms with E-state index in [4.69, 9.17) is 0 Å². The number of carbonyl (C=O) groups is 1. The van der Waals surface area contributed by atoms with E-state index in [1.807, 2.05) is 0 Å². The maximum Gasteiger partial charge on any atom is 0.268 e. The van der Waals surface area contributed by atoms with Crippen LogP contribution in [0.25, 0.3) is 0 Å². The molecule has 1 aromatic heterocycles. The summed E-state index contributed by atoms with van der Waals surface area (Å²) in [5.41, 5.74) is 0.841. The van der Waals surface area contributed by atoms with Crippen molar-refractivity contribution in [3.05, 3.63) is 22.6 Å². The van der Waals surface area contributed by atoms with Crippen LogP contribution in [0, 0.1) is 5.92 Å². The molecule has 1 fully saturated rings. The topological polar surface area (TPSA) is 55.2 Å². The van der Waals surface area contributed by atoms with E-state index in [1.54, 1.807) is 19.2 Å². The predicted octanol–water partition coefficient (Wildman–Crippen LogP) is 1.85. The van der Waals surface area contributed by atoms with Gasteiger partial charge in [-0.1, -0.05) is 6.92 Å². The van der Waals surface area contributed by atoms with Crippen LogP contribution in [0.5, 0.6) is 0 Å². The van der Waals surface area contributed by atoms with Crippen molar-refractivity contribution in [3.8, 4) is 0 Å². The maximum atomic E-state index is 12.0. The molecule has 0 bridgehead atoms. The SMILES string of the molecule is CC(=O)CCCn1ncc(N2CCCC(C)C2)cc1=O. The van der Waals surface area contributed by atoms with Gasteiger partial charge in [0.1, 0.15) is 5.78 Å². The normalized spacial score (nSPS) is 19.1. The van der Waals surface area contributed by atoms with E-state index in [2.05, 4.69) is 16.9 Å². The lowest BCUT2D eigenvalue weighted by molar-refractivity contribution is -0.117. The van der Waals surface area contributed by atoms with Crippen LogP contribution in [0.15, 0.2) is 17.1 Å². The number of Topliss-reactive ketones (excluding diaryl/α,β-unsaturated/α-hetero) is 1.